The molecule has 0 saturated carbocycles. The van der Waals surface area contributed by atoms with E-state index in [1.807, 2.05) is 0 Å². The van der Waals surface area contributed by atoms with Crippen molar-refractivity contribution in [3.05, 3.63) is 28.0 Å². The first-order valence-corrected chi connectivity index (χ1v) is 4.90. The van der Waals surface area contributed by atoms with Gasteiger partial charge in [0, 0.05) is 22.7 Å². The Morgan fingerprint density at radius 3 is 2.71 bits per heavy atom. The summed E-state index contributed by atoms with van der Waals surface area (Å²) < 4.78 is 13.6. The predicted molar refractivity (Wildman–Crippen MR) is 54.4 cm³/mol. The molecule has 0 radical (unpaired) electrons. The molecule has 0 spiro atoms. The van der Waals surface area contributed by atoms with Crippen LogP contribution in [0.15, 0.2) is 16.6 Å². The van der Waals surface area contributed by atoms with Crippen molar-refractivity contribution < 1.29 is 14.6 Å². The lowest BCUT2D eigenvalue weighted by molar-refractivity contribution is 0.275. The van der Waals surface area contributed by atoms with Crippen molar-refractivity contribution in [2.75, 3.05) is 6.61 Å². The van der Waals surface area contributed by atoms with Gasteiger partial charge in [-0.2, -0.15) is 0 Å². The number of aliphatic hydroxyl groups excluding tert-OH is 1. The minimum absolute atomic E-state index is 0.102. The predicted octanol–water partition coefficient (Wildman–Crippen LogP) is 1.68. The molecule has 1 aromatic rings. The molecule has 0 bridgehead atoms. The molecule has 14 heavy (non-hydrogen) atoms. The number of halogens is 2. The van der Waals surface area contributed by atoms with Crippen molar-refractivity contribution >= 4 is 15.9 Å². The second-order valence-electron chi connectivity index (χ2n) is 2.94. The number of benzene rings is 1. The van der Waals surface area contributed by atoms with Gasteiger partial charge in [0.05, 0.1) is 0 Å². The van der Waals surface area contributed by atoms with Gasteiger partial charge in [-0.25, -0.2) is 4.39 Å². The van der Waals surface area contributed by atoms with Gasteiger partial charge in [0.25, 0.3) is 0 Å². The monoisotopic (exact) mass is 263 g/mol. The van der Waals surface area contributed by atoms with Crippen LogP contribution in [-0.2, 0) is 0 Å². The van der Waals surface area contributed by atoms with Crippen LogP contribution in [0.4, 0.5) is 4.39 Å². The Morgan fingerprint density at radius 1 is 1.50 bits per heavy atom. The number of phenols is 1. The molecule has 0 aliphatic rings. The van der Waals surface area contributed by atoms with Crippen LogP contribution in [0, 0.1) is 5.82 Å². The van der Waals surface area contributed by atoms with Gasteiger partial charge in [0.2, 0.25) is 0 Å². The van der Waals surface area contributed by atoms with E-state index in [2.05, 4.69) is 15.9 Å². The molecule has 0 fully saturated rings. The quantitative estimate of drug-likeness (QED) is 0.778. The summed E-state index contributed by atoms with van der Waals surface area (Å²) in [6.07, 6.45) is 0.281. The molecule has 1 unspecified atom stereocenters. The van der Waals surface area contributed by atoms with E-state index in [9.17, 15) is 9.50 Å². The van der Waals surface area contributed by atoms with Gasteiger partial charge in [-0.05, 0) is 18.6 Å². The number of hydrogen-bond acceptors (Lipinski definition) is 3. The molecule has 0 saturated heterocycles. The van der Waals surface area contributed by atoms with Gasteiger partial charge in [-0.15, -0.1) is 0 Å². The van der Waals surface area contributed by atoms with Crippen LogP contribution in [0.3, 0.4) is 0 Å². The van der Waals surface area contributed by atoms with Crippen LogP contribution in [-0.4, -0.2) is 16.8 Å². The first-order valence-electron chi connectivity index (χ1n) is 4.10. The molecule has 78 valence electrons. The Kier molecular flexibility index (Phi) is 3.86. The lowest BCUT2D eigenvalue weighted by Gasteiger charge is -2.13. The number of rotatable bonds is 3. The van der Waals surface area contributed by atoms with Crippen molar-refractivity contribution in [2.24, 2.45) is 5.73 Å². The highest BCUT2D eigenvalue weighted by atomic mass is 79.9. The van der Waals surface area contributed by atoms with Crippen molar-refractivity contribution in [1.29, 1.82) is 0 Å². The van der Waals surface area contributed by atoms with E-state index in [-0.39, 0.29) is 13.0 Å². The van der Waals surface area contributed by atoms with Crippen LogP contribution in [0.2, 0.25) is 0 Å². The molecule has 0 aliphatic carbocycles. The lowest BCUT2D eigenvalue weighted by atomic mass is 10.0. The topological polar surface area (TPSA) is 66.5 Å². The van der Waals surface area contributed by atoms with Crippen LogP contribution in [0.5, 0.6) is 5.75 Å². The van der Waals surface area contributed by atoms with Crippen LogP contribution >= 0.6 is 15.9 Å². The van der Waals surface area contributed by atoms with Crippen molar-refractivity contribution in [2.45, 2.75) is 12.5 Å². The molecule has 0 amide bonds. The van der Waals surface area contributed by atoms with Gasteiger partial charge < -0.3 is 15.9 Å². The Bertz CT molecular complexity index is 333. The second-order valence-corrected chi connectivity index (χ2v) is 3.86. The van der Waals surface area contributed by atoms with E-state index in [1.54, 1.807) is 6.07 Å². The number of phenolic OH excluding ortho intramolecular Hbond substituents is 1. The largest absolute Gasteiger partial charge is 0.505 e. The molecule has 3 nitrogen and oxygen atoms in total. The molecular formula is C9H11BrFNO2. The molecule has 4 N–H and O–H groups in total. The summed E-state index contributed by atoms with van der Waals surface area (Å²) in [6.45, 7) is -0.102. The molecule has 1 atom stereocenters. The average Bonchev–Trinajstić information content (AvgIpc) is 2.11. The van der Waals surface area contributed by atoms with E-state index in [0.717, 1.165) is 6.07 Å². The molecule has 5 heteroatoms. The maximum atomic E-state index is 13.0. The van der Waals surface area contributed by atoms with Crippen LogP contribution in [0.25, 0.3) is 0 Å². The number of nitrogens with two attached hydrogens (primary N) is 1. The smallest absolute Gasteiger partial charge is 0.166 e. The fourth-order valence-corrected chi connectivity index (χ4v) is 1.61. The summed E-state index contributed by atoms with van der Waals surface area (Å²) in [5.41, 5.74) is 5.93. The third-order valence-corrected chi connectivity index (χ3v) is 2.36. The fourth-order valence-electron chi connectivity index (χ4n) is 1.16. The summed E-state index contributed by atoms with van der Waals surface area (Å²) in [7, 11) is 0. The molecular weight excluding hydrogens is 253 g/mol. The first kappa shape index (κ1) is 11.4. The molecule has 1 rings (SSSR count). The molecule has 0 heterocycles. The Hall–Kier alpha value is -0.650. The second kappa shape index (κ2) is 4.72. The SMILES string of the molecule is NC(CCO)c1cc(Br)cc(F)c1O. The summed E-state index contributed by atoms with van der Waals surface area (Å²) in [4.78, 5) is 0. The van der Waals surface area contributed by atoms with Gasteiger partial charge in [-0.1, -0.05) is 15.9 Å². The van der Waals surface area contributed by atoms with Gasteiger partial charge >= 0.3 is 0 Å². The molecule has 0 aliphatic heterocycles. The van der Waals surface area contributed by atoms with Gasteiger partial charge in [0.15, 0.2) is 11.6 Å². The normalized spacial score (nSPS) is 12.9. The number of aromatic hydroxyl groups is 1. The fraction of sp³-hybridized carbons (Fsp3) is 0.333. The van der Waals surface area contributed by atoms with Crippen LogP contribution in [0.1, 0.15) is 18.0 Å². The van der Waals surface area contributed by atoms with E-state index < -0.39 is 17.6 Å². The van der Waals surface area contributed by atoms with Crippen molar-refractivity contribution in [3.8, 4) is 5.75 Å². The molecule has 1 aromatic carbocycles. The average molecular weight is 264 g/mol. The Balaban J connectivity index is 3.07. The maximum Gasteiger partial charge on any atom is 0.166 e. The Labute approximate surface area is 89.5 Å². The number of hydrogen-bond donors (Lipinski definition) is 3. The van der Waals surface area contributed by atoms with E-state index in [4.69, 9.17) is 10.8 Å². The summed E-state index contributed by atoms with van der Waals surface area (Å²) >= 11 is 3.10. The van der Waals surface area contributed by atoms with E-state index in [1.165, 1.54) is 0 Å². The summed E-state index contributed by atoms with van der Waals surface area (Å²) in [5, 5.41) is 18.0. The third kappa shape index (κ3) is 2.43. The lowest BCUT2D eigenvalue weighted by Crippen LogP contribution is -2.12. The minimum Gasteiger partial charge on any atom is -0.505 e. The van der Waals surface area contributed by atoms with Crippen molar-refractivity contribution in [3.63, 3.8) is 0 Å². The van der Waals surface area contributed by atoms with E-state index in [0.29, 0.717) is 10.0 Å². The van der Waals surface area contributed by atoms with Gasteiger partial charge in [0.1, 0.15) is 0 Å². The maximum absolute atomic E-state index is 13.0. The van der Waals surface area contributed by atoms with Crippen LogP contribution < -0.4 is 5.73 Å². The summed E-state index contributed by atoms with van der Waals surface area (Å²) in [5.74, 6) is -1.17. The highest BCUT2D eigenvalue weighted by Gasteiger charge is 2.14. The highest BCUT2D eigenvalue weighted by molar-refractivity contribution is 9.10. The van der Waals surface area contributed by atoms with Crippen molar-refractivity contribution in [1.82, 2.24) is 0 Å². The highest BCUT2D eigenvalue weighted by Crippen LogP contribution is 2.30. The zero-order chi connectivity index (χ0) is 10.7. The van der Waals surface area contributed by atoms with Gasteiger partial charge in [-0.3, -0.25) is 0 Å². The minimum atomic E-state index is -0.720. The zero-order valence-electron chi connectivity index (χ0n) is 7.37. The summed E-state index contributed by atoms with van der Waals surface area (Å²) in [6, 6.07) is 2.13. The first-order chi connectivity index (χ1) is 6.56. The number of aliphatic hydroxyl groups is 1. The van der Waals surface area contributed by atoms with E-state index >= 15 is 0 Å². The third-order valence-electron chi connectivity index (χ3n) is 1.90. The standard InChI is InChI=1S/C9H11BrFNO2/c10-5-3-6(8(12)1-2-13)9(14)7(11)4-5/h3-4,8,13-14H,1-2,12H2. The Morgan fingerprint density at radius 2 is 2.14 bits per heavy atom. The molecule has 0 aromatic heterocycles. The zero-order valence-corrected chi connectivity index (χ0v) is 8.96.